The van der Waals surface area contributed by atoms with Crippen LogP contribution in [0.2, 0.25) is 0 Å². The predicted octanol–water partition coefficient (Wildman–Crippen LogP) is 3.57. The molecule has 1 unspecified atom stereocenters. The molecule has 0 radical (unpaired) electrons. The van der Waals surface area contributed by atoms with Crippen LogP contribution in [0.3, 0.4) is 0 Å². The summed E-state index contributed by atoms with van der Waals surface area (Å²) in [5.74, 6) is -3.60. The molecule has 1 fully saturated rings. The van der Waals surface area contributed by atoms with Crippen LogP contribution in [-0.2, 0) is 16.1 Å². The zero-order valence-corrected chi connectivity index (χ0v) is 14.1. The molecule has 1 N–H and O–H groups in total. The Kier molecular flexibility index (Phi) is 5.43. The number of rotatable bonds is 5. The SMILES string of the molecule is O=C(NCc1cccc(F)c1F)C1CC(=O)N(c2cccc(C(F)F)c2)C1. The molecule has 8 heteroatoms. The Morgan fingerprint density at radius 3 is 2.67 bits per heavy atom. The van der Waals surface area contributed by atoms with Gasteiger partial charge in [-0.2, -0.15) is 0 Å². The largest absolute Gasteiger partial charge is 0.352 e. The highest BCUT2D eigenvalue weighted by molar-refractivity contribution is 6.00. The number of carbonyl (C=O) groups is 2. The predicted molar refractivity (Wildman–Crippen MR) is 90.1 cm³/mol. The summed E-state index contributed by atoms with van der Waals surface area (Å²) in [4.78, 5) is 25.8. The fourth-order valence-electron chi connectivity index (χ4n) is 2.97. The van der Waals surface area contributed by atoms with E-state index in [4.69, 9.17) is 0 Å². The lowest BCUT2D eigenvalue weighted by molar-refractivity contribution is -0.126. The molecule has 142 valence electrons. The van der Waals surface area contributed by atoms with Gasteiger partial charge in [0.25, 0.3) is 6.43 Å². The van der Waals surface area contributed by atoms with Crippen LogP contribution in [0.1, 0.15) is 24.0 Å². The highest BCUT2D eigenvalue weighted by Gasteiger charge is 2.35. The second-order valence-corrected chi connectivity index (χ2v) is 6.23. The number of nitrogens with zero attached hydrogens (tertiary/aromatic N) is 1. The highest BCUT2D eigenvalue weighted by atomic mass is 19.3. The molecule has 1 aliphatic rings. The van der Waals surface area contributed by atoms with Crippen molar-refractivity contribution in [2.24, 2.45) is 5.92 Å². The Labute approximate surface area is 152 Å². The molecule has 1 aliphatic heterocycles. The van der Waals surface area contributed by atoms with Gasteiger partial charge in [-0.05, 0) is 18.2 Å². The summed E-state index contributed by atoms with van der Waals surface area (Å²) in [5, 5.41) is 2.49. The van der Waals surface area contributed by atoms with Gasteiger partial charge in [-0.3, -0.25) is 9.59 Å². The summed E-state index contributed by atoms with van der Waals surface area (Å²) in [5.41, 5.74) is 0.0771. The topological polar surface area (TPSA) is 49.4 Å². The number of anilines is 1. The Morgan fingerprint density at radius 1 is 1.19 bits per heavy atom. The maximum Gasteiger partial charge on any atom is 0.263 e. The van der Waals surface area contributed by atoms with Gasteiger partial charge >= 0.3 is 0 Å². The van der Waals surface area contributed by atoms with E-state index in [2.05, 4.69) is 5.32 Å². The number of alkyl halides is 2. The molecule has 2 aromatic carbocycles. The van der Waals surface area contributed by atoms with Crippen LogP contribution in [0.25, 0.3) is 0 Å². The van der Waals surface area contributed by atoms with Crippen molar-refractivity contribution in [3.05, 3.63) is 65.2 Å². The van der Waals surface area contributed by atoms with E-state index in [1.54, 1.807) is 0 Å². The van der Waals surface area contributed by atoms with Crippen LogP contribution in [0, 0.1) is 17.6 Å². The number of carbonyl (C=O) groups excluding carboxylic acids is 2. The van der Waals surface area contributed by atoms with Gasteiger partial charge < -0.3 is 10.2 Å². The van der Waals surface area contributed by atoms with Crippen molar-refractivity contribution in [3.8, 4) is 0 Å². The highest BCUT2D eigenvalue weighted by Crippen LogP contribution is 2.29. The summed E-state index contributed by atoms with van der Waals surface area (Å²) in [6.45, 7) is -0.184. The molecule has 0 aromatic heterocycles. The van der Waals surface area contributed by atoms with E-state index < -0.39 is 29.9 Å². The summed E-state index contributed by atoms with van der Waals surface area (Å²) < 4.78 is 52.5. The number of amides is 2. The molecule has 0 saturated carbocycles. The van der Waals surface area contributed by atoms with E-state index in [1.807, 2.05) is 0 Å². The maximum absolute atomic E-state index is 13.6. The molecule has 27 heavy (non-hydrogen) atoms. The van der Waals surface area contributed by atoms with Crippen molar-refractivity contribution in [1.29, 1.82) is 0 Å². The molecule has 0 aliphatic carbocycles. The van der Waals surface area contributed by atoms with E-state index in [0.29, 0.717) is 5.69 Å². The van der Waals surface area contributed by atoms with Gasteiger partial charge in [0, 0.05) is 36.3 Å². The van der Waals surface area contributed by atoms with Gasteiger partial charge in [0.2, 0.25) is 11.8 Å². The molecule has 1 heterocycles. The molecule has 0 spiro atoms. The van der Waals surface area contributed by atoms with Gasteiger partial charge in [0.1, 0.15) is 0 Å². The zero-order chi connectivity index (χ0) is 19.6. The number of benzene rings is 2. The molecule has 4 nitrogen and oxygen atoms in total. The van der Waals surface area contributed by atoms with Crippen LogP contribution in [0.15, 0.2) is 42.5 Å². The van der Waals surface area contributed by atoms with Gasteiger partial charge in [-0.15, -0.1) is 0 Å². The quantitative estimate of drug-likeness (QED) is 0.807. The van der Waals surface area contributed by atoms with Gasteiger partial charge in [0.05, 0.1) is 5.92 Å². The maximum atomic E-state index is 13.6. The Bertz CT molecular complexity index is 873. The molecular formula is C19H16F4N2O2. The smallest absolute Gasteiger partial charge is 0.263 e. The Hall–Kier alpha value is -2.90. The number of halogens is 4. The Morgan fingerprint density at radius 2 is 1.93 bits per heavy atom. The molecule has 2 aromatic rings. The standard InChI is InChI=1S/C19H16F4N2O2/c20-15-6-2-4-12(17(15)21)9-24-19(27)13-8-16(26)25(10-13)14-5-1-3-11(7-14)18(22)23/h1-7,13,18H,8-10H2,(H,24,27). The third kappa shape index (κ3) is 4.10. The first-order chi connectivity index (χ1) is 12.9. The lowest BCUT2D eigenvalue weighted by atomic mass is 10.1. The fraction of sp³-hybridized carbons (Fsp3) is 0.263. The van der Waals surface area contributed by atoms with Crippen molar-refractivity contribution < 1.29 is 27.2 Å². The molecule has 3 rings (SSSR count). The van der Waals surface area contributed by atoms with Crippen LogP contribution in [0.5, 0.6) is 0 Å². The van der Waals surface area contributed by atoms with E-state index in [-0.39, 0.29) is 36.5 Å². The fourth-order valence-corrected chi connectivity index (χ4v) is 2.97. The Balaban J connectivity index is 1.65. The van der Waals surface area contributed by atoms with Crippen molar-refractivity contribution in [3.63, 3.8) is 0 Å². The number of nitrogens with one attached hydrogen (secondary N) is 1. The molecule has 0 bridgehead atoms. The van der Waals surface area contributed by atoms with Gasteiger partial charge in [-0.25, -0.2) is 17.6 Å². The van der Waals surface area contributed by atoms with E-state index in [9.17, 15) is 27.2 Å². The molecular weight excluding hydrogens is 364 g/mol. The average molecular weight is 380 g/mol. The van der Waals surface area contributed by atoms with Crippen LogP contribution in [-0.4, -0.2) is 18.4 Å². The summed E-state index contributed by atoms with van der Waals surface area (Å²) in [6, 6.07) is 9.06. The first kappa shape index (κ1) is 18.9. The van der Waals surface area contributed by atoms with Crippen molar-refractivity contribution >= 4 is 17.5 Å². The van der Waals surface area contributed by atoms with Crippen LogP contribution < -0.4 is 10.2 Å². The number of hydrogen-bond donors (Lipinski definition) is 1. The van der Waals surface area contributed by atoms with Gasteiger partial charge in [-0.1, -0.05) is 24.3 Å². The minimum absolute atomic E-state index is 0.00540. The van der Waals surface area contributed by atoms with E-state index in [1.165, 1.54) is 41.3 Å². The number of hydrogen-bond acceptors (Lipinski definition) is 2. The normalized spacial score (nSPS) is 16.9. The second-order valence-electron chi connectivity index (χ2n) is 6.23. The van der Waals surface area contributed by atoms with Gasteiger partial charge in [0.15, 0.2) is 11.6 Å². The summed E-state index contributed by atoms with van der Waals surface area (Å²) in [7, 11) is 0. The molecule has 2 amide bonds. The monoisotopic (exact) mass is 380 g/mol. The average Bonchev–Trinajstić information content (AvgIpc) is 3.04. The van der Waals surface area contributed by atoms with Crippen molar-refractivity contribution in [2.75, 3.05) is 11.4 Å². The minimum Gasteiger partial charge on any atom is -0.352 e. The van der Waals surface area contributed by atoms with E-state index in [0.717, 1.165) is 6.07 Å². The third-order valence-electron chi connectivity index (χ3n) is 4.41. The van der Waals surface area contributed by atoms with E-state index >= 15 is 0 Å². The van der Waals surface area contributed by atoms with Crippen molar-refractivity contribution in [2.45, 2.75) is 19.4 Å². The minimum atomic E-state index is -2.66. The lowest BCUT2D eigenvalue weighted by Gasteiger charge is -2.17. The van der Waals surface area contributed by atoms with Crippen LogP contribution in [0.4, 0.5) is 23.2 Å². The first-order valence-electron chi connectivity index (χ1n) is 8.26. The zero-order valence-electron chi connectivity index (χ0n) is 14.1. The first-order valence-corrected chi connectivity index (χ1v) is 8.26. The van der Waals surface area contributed by atoms with Crippen LogP contribution >= 0.6 is 0 Å². The summed E-state index contributed by atoms with van der Waals surface area (Å²) in [6.07, 6.45) is -2.75. The molecule has 1 atom stereocenters. The van der Waals surface area contributed by atoms with Crippen molar-refractivity contribution in [1.82, 2.24) is 5.32 Å². The second kappa shape index (κ2) is 7.77. The lowest BCUT2D eigenvalue weighted by Crippen LogP contribution is -2.32. The third-order valence-corrected chi connectivity index (χ3v) is 4.41. The molecule has 1 saturated heterocycles. The summed E-state index contributed by atoms with van der Waals surface area (Å²) >= 11 is 0.